The number of pyridine rings is 1. The molecular weight excluding hydrogens is 183 g/mol. The molecule has 1 aromatic rings. The van der Waals surface area contributed by atoms with Crippen molar-refractivity contribution in [2.75, 3.05) is 6.54 Å². The van der Waals surface area contributed by atoms with E-state index in [0.717, 1.165) is 19.4 Å². The van der Waals surface area contributed by atoms with Crippen LogP contribution >= 0.6 is 0 Å². The van der Waals surface area contributed by atoms with Crippen LogP contribution in [0.25, 0.3) is 0 Å². The summed E-state index contributed by atoms with van der Waals surface area (Å²) in [6, 6.07) is 2.78. The number of aromatic nitrogens is 1. The highest BCUT2D eigenvalue weighted by Gasteiger charge is 2.14. The molecule has 1 aliphatic rings. The smallest absolute Gasteiger partial charge is 0.250 e. The summed E-state index contributed by atoms with van der Waals surface area (Å²) in [6.07, 6.45) is 3.46. The van der Waals surface area contributed by atoms with Gasteiger partial charge >= 0.3 is 0 Å². The van der Waals surface area contributed by atoms with Gasteiger partial charge in [0.05, 0.1) is 0 Å². The van der Waals surface area contributed by atoms with Gasteiger partial charge in [0.1, 0.15) is 5.82 Å². The van der Waals surface area contributed by atoms with Gasteiger partial charge in [-0.15, -0.1) is 0 Å². The van der Waals surface area contributed by atoms with Crippen LogP contribution in [0.5, 0.6) is 0 Å². The van der Waals surface area contributed by atoms with E-state index in [-0.39, 0.29) is 11.4 Å². The Bertz CT molecular complexity index is 369. The number of hydrogen-bond acceptors (Lipinski definition) is 2. The summed E-state index contributed by atoms with van der Waals surface area (Å²) >= 11 is 0. The molecule has 0 aromatic carbocycles. The lowest BCUT2D eigenvalue weighted by atomic mass is 10.2. The van der Waals surface area contributed by atoms with Gasteiger partial charge < -0.3 is 9.88 Å². The number of nitrogens with one attached hydrogen (secondary N) is 1. The quantitative estimate of drug-likeness (QED) is 0.757. The van der Waals surface area contributed by atoms with E-state index < -0.39 is 0 Å². The van der Waals surface area contributed by atoms with Crippen LogP contribution in [0, 0.1) is 5.82 Å². The van der Waals surface area contributed by atoms with Gasteiger partial charge in [0.25, 0.3) is 5.56 Å². The van der Waals surface area contributed by atoms with Crippen LogP contribution in [0.1, 0.15) is 12.8 Å². The average Bonchev–Trinajstić information content (AvgIpc) is 2.64. The Balaban J connectivity index is 2.15. The highest BCUT2D eigenvalue weighted by molar-refractivity contribution is 4.97. The molecule has 0 spiro atoms. The van der Waals surface area contributed by atoms with Gasteiger partial charge in [-0.1, -0.05) is 0 Å². The van der Waals surface area contributed by atoms with Gasteiger partial charge in [0.15, 0.2) is 0 Å². The molecule has 1 atom stereocenters. The fourth-order valence-corrected chi connectivity index (χ4v) is 1.79. The van der Waals surface area contributed by atoms with Gasteiger partial charge in [-0.25, -0.2) is 4.39 Å². The minimum Gasteiger partial charge on any atom is -0.312 e. The van der Waals surface area contributed by atoms with Crippen molar-refractivity contribution in [3.63, 3.8) is 0 Å². The molecular formula is C10H13FN2O. The lowest BCUT2D eigenvalue weighted by molar-refractivity contribution is 0.486. The van der Waals surface area contributed by atoms with Crippen molar-refractivity contribution < 1.29 is 4.39 Å². The third-order valence-electron chi connectivity index (χ3n) is 2.53. The third kappa shape index (κ3) is 2.01. The molecule has 0 aliphatic carbocycles. The molecule has 76 valence electrons. The maximum absolute atomic E-state index is 12.8. The lowest BCUT2D eigenvalue weighted by Gasteiger charge is -2.11. The molecule has 2 rings (SSSR count). The molecule has 1 aliphatic heterocycles. The standard InChI is InChI=1S/C10H13FN2O/c11-8-3-4-10(14)13(6-8)7-9-2-1-5-12-9/h3-4,6,9,12H,1-2,5,7H2. The predicted molar refractivity (Wildman–Crippen MR) is 51.7 cm³/mol. The Labute approximate surface area is 81.6 Å². The van der Waals surface area contributed by atoms with Crippen molar-refractivity contribution in [1.82, 2.24) is 9.88 Å². The fourth-order valence-electron chi connectivity index (χ4n) is 1.79. The summed E-state index contributed by atoms with van der Waals surface area (Å²) in [5, 5.41) is 3.27. The maximum Gasteiger partial charge on any atom is 0.250 e. The van der Waals surface area contributed by atoms with Crippen molar-refractivity contribution >= 4 is 0 Å². The molecule has 1 N–H and O–H groups in total. The topological polar surface area (TPSA) is 34.0 Å². The first kappa shape index (κ1) is 9.40. The van der Waals surface area contributed by atoms with Crippen molar-refractivity contribution in [1.29, 1.82) is 0 Å². The normalized spacial score (nSPS) is 21.4. The van der Waals surface area contributed by atoms with E-state index in [2.05, 4.69) is 5.32 Å². The van der Waals surface area contributed by atoms with E-state index in [0.29, 0.717) is 12.6 Å². The molecule has 1 saturated heterocycles. The van der Waals surface area contributed by atoms with Crippen molar-refractivity contribution in [3.05, 3.63) is 34.5 Å². The van der Waals surface area contributed by atoms with E-state index in [4.69, 9.17) is 0 Å². The fraction of sp³-hybridized carbons (Fsp3) is 0.500. The average molecular weight is 196 g/mol. The first-order chi connectivity index (χ1) is 6.75. The zero-order valence-corrected chi connectivity index (χ0v) is 7.87. The summed E-state index contributed by atoms with van der Waals surface area (Å²) in [7, 11) is 0. The number of nitrogens with zero attached hydrogens (tertiary/aromatic N) is 1. The molecule has 0 bridgehead atoms. The summed E-state index contributed by atoms with van der Waals surface area (Å²) < 4.78 is 14.3. The van der Waals surface area contributed by atoms with Crippen molar-refractivity contribution in [2.45, 2.75) is 25.4 Å². The highest BCUT2D eigenvalue weighted by atomic mass is 19.1. The van der Waals surface area contributed by atoms with Gasteiger partial charge in [0, 0.05) is 24.8 Å². The Morgan fingerprint density at radius 3 is 3.14 bits per heavy atom. The first-order valence-corrected chi connectivity index (χ1v) is 4.85. The van der Waals surface area contributed by atoms with Crippen LogP contribution < -0.4 is 10.9 Å². The molecule has 0 saturated carbocycles. The number of rotatable bonds is 2. The second kappa shape index (κ2) is 3.92. The van der Waals surface area contributed by atoms with Crippen LogP contribution in [0.2, 0.25) is 0 Å². The molecule has 1 unspecified atom stereocenters. The second-order valence-electron chi connectivity index (χ2n) is 3.63. The minimum absolute atomic E-state index is 0.139. The summed E-state index contributed by atoms with van der Waals surface area (Å²) in [5.74, 6) is -0.359. The molecule has 1 aromatic heterocycles. The first-order valence-electron chi connectivity index (χ1n) is 4.85. The Morgan fingerprint density at radius 2 is 2.43 bits per heavy atom. The SMILES string of the molecule is O=c1ccc(F)cn1CC1CCCN1. The van der Waals surface area contributed by atoms with E-state index in [1.807, 2.05) is 0 Å². The maximum atomic E-state index is 12.8. The van der Waals surface area contributed by atoms with Crippen LogP contribution in [-0.4, -0.2) is 17.2 Å². The van der Waals surface area contributed by atoms with Crippen LogP contribution in [0.4, 0.5) is 4.39 Å². The van der Waals surface area contributed by atoms with E-state index in [1.165, 1.54) is 22.9 Å². The zero-order valence-electron chi connectivity index (χ0n) is 7.87. The van der Waals surface area contributed by atoms with E-state index in [1.54, 1.807) is 0 Å². The number of halogens is 1. The molecule has 4 heteroatoms. The molecule has 14 heavy (non-hydrogen) atoms. The Morgan fingerprint density at radius 1 is 1.57 bits per heavy atom. The lowest BCUT2D eigenvalue weighted by Crippen LogP contribution is -2.31. The predicted octanol–water partition coefficient (Wildman–Crippen LogP) is 0.739. The minimum atomic E-state index is -0.359. The highest BCUT2D eigenvalue weighted by Crippen LogP contribution is 2.06. The zero-order chi connectivity index (χ0) is 9.97. The van der Waals surface area contributed by atoms with Crippen molar-refractivity contribution in [2.24, 2.45) is 0 Å². The van der Waals surface area contributed by atoms with Crippen LogP contribution in [0.15, 0.2) is 23.1 Å². The Hall–Kier alpha value is -1.16. The molecule has 3 nitrogen and oxygen atoms in total. The molecule has 0 amide bonds. The van der Waals surface area contributed by atoms with Gasteiger partial charge in [-0.05, 0) is 25.5 Å². The van der Waals surface area contributed by atoms with E-state index >= 15 is 0 Å². The van der Waals surface area contributed by atoms with E-state index in [9.17, 15) is 9.18 Å². The van der Waals surface area contributed by atoms with Crippen LogP contribution in [0.3, 0.4) is 0 Å². The summed E-state index contributed by atoms with van der Waals surface area (Å²) in [4.78, 5) is 11.3. The van der Waals surface area contributed by atoms with Crippen molar-refractivity contribution in [3.8, 4) is 0 Å². The van der Waals surface area contributed by atoms with Gasteiger partial charge in [-0.3, -0.25) is 4.79 Å². The summed E-state index contributed by atoms with van der Waals surface area (Å²) in [5.41, 5.74) is -0.139. The monoisotopic (exact) mass is 196 g/mol. The third-order valence-corrected chi connectivity index (χ3v) is 2.53. The van der Waals surface area contributed by atoms with Gasteiger partial charge in [0.2, 0.25) is 0 Å². The van der Waals surface area contributed by atoms with Crippen LogP contribution in [-0.2, 0) is 6.54 Å². The molecule has 1 fully saturated rings. The Kier molecular flexibility index (Phi) is 2.63. The van der Waals surface area contributed by atoms with Gasteiger partial charge in [-0.2, -0.15) is 0 Å². The number of hydrogen-bond donors (Lipinski definition) is 1. The largest absolute Gasteiger partial charge is 0.312 e. The second-order valence-corrected chi connectivity index (χ2v) is 3.63. The molecule has 0 radical (unpaired) electrons. The molecule has 2 heterocycles. The summed E-state index contributed by atoms with van der Waals surface area (Å²) in [6.45, 7) is 1.56.